The van der Waals surface area contributed by atoms with Crippen LogP contribution in [0.5, 0.6) is 5.75 Å². The molecule has 4 nitrogen and oxygen atoms in total. The number of carbonyl (C=O) groups excluding carboxylic acids is 1. The summed E-state index contributed by atoms with van der Waals surface area (Å²) in [5.41, 5.74) is 1.13. The molecule has 1 heterocycles. The number of likely N-dealkylation sites (N-methyl/N-ethyl adjacent to an activating group) is 1. The van der Waals surface area contributed by atoms with Crippen LogP contribution >= 0.6 is 0 Å². The monoisotopic (exact) mass is 244 g/mol. The average Bonchev–Trinajstić information content (AvgIpc) is 2.38. The molecule has 0 fully saturated rings. The Hall–Kier alpha value is -2.23. The maximum Gasteiger partial charge on any atom is 0.246 e. The molecule has 0 aromatic heterocycles. The summed E-state index contributed by atoms with van der Waals surface area (Å²) in [5, 5.41) is 5.54. The maximum atomic E-state index is 11.5. The first-order chi connectivity index (χ1) is 8.69. The Morgan fingerprint density at radius 3 is 3.00 bits per heavy atom. The topological polar surface area (TPSA) is 50.4 Å². The van der Waals surface area contributed by atoms with Gasteiger partial charge < -0.3 is 15.4 Å². The normalized spacial score (nSPS) is 17.7. The Bertz CT molecular complexity index is 506. The number of allylic oxidation sites excluding steroid dienone is 1. The van der Waals surface area contributed by atoms with Crippen molar-refractivity contribution in [3.63, 3.8) is 0 Å². The van der Waals surface area contributed by atoms with Crippen molar-refractivity contribution >= 4 is 5.91 Å². The second-order valence-electron chi connectivity index (χ2n) is 4.08. The van der Waals surface area contributed by atoms with E-state index in [-0.39, 0.29) is 11.9 Å². The number of ether oxygens (including phenoxy) is 1. The molecular weight excluding hydrogens is 228 g/mol. The molecule has 0 spiro atoms. The molecular formula is C14H16N2O2. The summed E-state index contributed by atoms with van der Waals surface area (Å²) in [6, 6.07) is 7.39. The molecule has 0 saturated carbocycles. The maximum absolute atomic E-state index is 11.5. The lowest BCUT2D eigenvalue weighted by Gasteiger charge is -2.17. The largest absolute Gasteiger partial charge is 0.458 e. The summed E-state index contributed by atoms with van der Waals surface area (Å²) in [5.74, 6) is 1.33. The molecule has 18 heavy (non-hydrogen) atoms. The van der Waals surface area contributed by atoms with Crippen LogP contribution in [-0.4, -0.2) is 19.0 Å². The van der Waals surface area contributed by atoms with Gasteiger partial charge in [-0.1, -0.05) is 12.1 Å². The van der Waals surface area contributed by atoms with Crippen molar-refractivity contribution in [2.45, 2.75) is 13.0 Å². The lowest BCUT2D eigenvalue weighted by molar-refractivity contribution is -0.121. The van der Waals surface area contributed by atoms with Gasteiger partial charge in [0.2, 0.25) is 5.91 Å². The van der Waals surface area contributed by atoms with Gasteiger partial charge in [-0.25, -0.2) is 0 Å². The van der Waals surface area contributed by atoms with Crippen LogP contribution in [0.4, 0.5) is 0 Å². The zero-order chi connectivity index (χ0) is 13.0. The standard InChI is InChI=1S/C14H16N2O2/c1-10-4-3-5-11(8-10)18-12-6-7-16-13(9-12)14(17)15-2/h3-9,13,16H,1-2H3,(H,15,17). The SMILES string of the molecule is CNC(=O)C1C=C(Oc2cccc(C)c2)C=CN1. The van der Waals surface area contributed by atoms with Crippen LogP contribution in [0.1, 0.15) is 5.56 Å². The number of rotatable bonds is 3. The lowest BCUT2D eigenvalue weighted by Crippen LogP contribution is -2.40. The minimum Gasteiger partial charge on any atom is -0.458 e. The third-order valence-electron chi connectivity index (χ3n) is 2.61. The molecule has 1 aromatic rings. The third-order valence-corrected chi connectivity index (χ3v) is 2.61. The quantitative estimate of drug-likeness (QED) is 0.847. The van der Waals surface area contributed by atoms with Gasteiger partial charge in [-0.3, -0.25) is 4.79 Å². The minimum absolute atomic E-state index is 0.0929. The highest BCUT2D eigenvalue weighted by atomic mass is 16.5. The van der Waals surface area contributed by atoms with E-state index in [4.69, 9.17) is 4.74 Å². The minimum atomic E-state index is -0.389. The van der Waals surface area contributed by atoms with Gasteiger partial charge in [0.05, 0.1) is 0 Å². The Labute approximate surface area is 106 Å². The molecule has 0 bridgehead atoms. The van der Waals surface area contributed by atoms with Gasteiger partial charge in [0, 0.05) is 13.2 Å². The lowest BCUT2D eigenvalue weighted by atomic mass is 10.2. The van der Waals surface area contributed by atoms with Crippen LogP contribution in [0, 0.1) is 6.92 Å². The first-order valence-corrected chi connectivity index (χ1v) is 5.79. The van der Waals surface area contributed by atoms with Gasteiger partial charge in [-0.2, -0.15) is 0 Å². The smallest absolute Gasteiger partial charge is 0.246 e. The first-order valence-electron chi connectivity index (χ1n) is 5.79. The number of dihydropyridines is 1. The predicted octanol–water partition coefficient (Wildman–Crippen LogP) is 1.49. The molecule has 0 aliphatic carbocycles. The predicted molar refractivity (Wildman–Crippen MR) is 70.0 cm³/mol. The van der Waals surface area contributed by atoms with E-state index in [1.54, 1.807) is 25.4 Å². The average molecular weight is 244 g/mol. The van der Waals surface area contributed by atoms with Gasteiger partial charge in [0.15, 0.2) is 0 Å². The summed E-state index contributed by atoms with van der Waals surface area (Å²) in [4.78, 5) is 11.5. The highest BCUT2D eigenvalue weighted by Crippen LogP contribution is 2.17. The van der Waals surface area contributed by atoms with Crippen molar-refractivity contribution in [2.24, 2.45) is 0 Å². The van der Waals surface area contributed by atoms with Crippen LogP contribution in [0.3, 0.4) is 0 Å². The molecule has 1 aliphatic rings. The molecule has 1 aliphatic heterocycles. The zero-order valence-corrected chi connectivity index (χ0v) is 10.4. The van der Waals surface area contributed by atoms with Crippen LogP contribution in [0.2, 0.25) is 0 Å². The highest BCUT2D eigenvalue weighted by molar-refractivity contribution is 5.84. The fraction of sp³-hybridized carbons (Fsp3) is 0.214. The summed E-state index contributed by atoms with van der Waals surface area (Å²) >= 11 is 0. The molecule has 1 atom stereocenters. The van der Waals surface area contributed by atoms with E-state index in [0.29, 0.717) is 5.76 Å². The highest BCUT2D eigenvalue weighted by Gasteiger charge is 2.16. The molecule has 1 amide bonds. The molecule has 4 heteroatoms. The molecule has 2 N–H and O–H groups in total. The van der Waals surface area contributed by atoms with Gasteiger partial charge in [-0.15, -0.1) is 0 Å². The first kappa shape index (κ1) is 12.2. The Morgan fingerprint density at radius 2 is 2.28 bits per heavy atom. The number of nitrogens with one attached hydrogen (secondary N) is 2. The Balaban J connectivity index is 2.11. The number of aryl methyl sites for hydroxylation is 1. The number of carbonyl (C=O) groups is 1. The van der Waals surface area contributed by atoms with E-state index in [0.717, 1.165) is 11.3 Å². The summed E-state index contributed by atoms with van der Waals surface area (Å²) in [6.45, 7) is 2.01. The van der Waals surface area contributed by atoms with Crippen molar-refractivity contribution in [3.8, 4) is 5.75 Å². The third kappa shape index (κ3) is 2.91. The summed E-state index contributed by atoms with van der Waals surface area (Å²) in [6.07, 6.45) is 5.26. The number of amides is 1. The summed E-state index contributed by atoms with van der Waals surface area (Å²) < 4.78 is 5.72. The van der Waals surface area contributed by atoms with Crippen molar-refractivity contribution in [3.05, 3.63) is 53.9 Å². The van der Waals surface area contributed by atoms with Crippen LogP contribution in [0.15, 0.2) is 48.4 Å². The van der Waals surface area contributed by atoms with Gasteiger partial charge in [0.25, 0.3) is 0 Å². The fourth-order valence-corrected chi connectivity index (χ4v) is 1.69. The Morgan fingerprint density at radius 1 is 1.44 bits per heavy atom. The molecule has 1 unspecified atom stereocenters. The van der Waals surface area contributed by atoms with E-state index in [1.165, 1.54) is 0 Å². The van der Waals surface area contributed by atoms with E-state index in [2.05, 4.69) is 10.6 Å². The van der Waals surface area contributed by atoms with E-state index in [1.807, 2.05) is 31.2 Å². The van der Waals surface area contributed by atoms with Crippen LogP contribution < -0.4 is 15.4 Å². The number of benzene rings is 1. The fourth-order valence-electron chi connectivity index (χ4n) is 1.69. The van der Waals surface area contributed by atoms with Crippen molar-refractivity contribution < 1.29 is 9.53 Å². The van der Waals surface area contributed by atoms with Crippen molar-refractivity contribution in [2.75, 3.05) is 7.05 Å². The van der Waals surface area contributed by atoms with Gasteiger partial charge >= 0.3 is 0 Å². The molecule has 0 saturated heterocycles. The molecule has 94 valence electrons. The second-order valence-corrected chi connectivity index (χ2v) is 4.08. The zero-order valence-electron chi connectivity index (χ0n) is 10.4. The van der Waals surface area contributed by atoms with Crippen molar-refractivity contribution in [1.82, 2.24) is 10.6 Å². The van der Waals surface area contributed by atoms with Crippen LogP contribution in [-0.2, 0) is 4.79 Å². The second kappa shape index (κ2) is 5.40. The number of hydrogen-bond donors (Lipinski definition) is 2. The van der Waals surface area contributed by atoms with E-state index < -0.39 is 0 Å². The summed E-state index contributed by atoms with van der Waals surface area (Å²) in [7, 11) is 1.61. The van der Waals surface area contributed by atoms with E-state index >= 15 is 0 Å². The van der Waals surface area contributed by atoms with Gasteiger partial charge in [0.1, 0.15) is 17.6 Å². The van der Waals surface area contributed by atoms with Crippen molar-refractivity contribution in [1.29, 1.82) is 0 Å². The number of hydrogen-bond acceptors (Lipinski definition) is 3. The molecule has 2 rings (SSSR count). The van der Waals surface area contributed by atoms with Gasteiger partial charge in [-0.05, 0) is 36.8 Å². The molecule has 0 radical (unpaired) electrons. The Kier molecular flexibility index (Phi) is 3.67. The molecule has 1 aromatic carbocycles. The van der Waals surface area contributed by atoms with E-state index in [9.17, 15) is 4.79 Å². The van der Waals surface area contributed by atoms with Crippen LogP contribution in [0.25, 0.3) is 0 Å².